The number of carbonyl (C=O) groups excluding carboxylic acids is 3. The van der Waals surface area contributed by atoms with Crippen LogP contribution in [-0.2, 0) is 9.59 Å². The molecule has 0 aliphatic rings. The van der Waals surface area contributed by atoms with Crippen LogP contribution in [0.2, 0.25) is 10.0 Å². The number of hydrogen-bond donors (Lipinski definition) is 2. The summed E-state index contributed by atoms with van der Waals surface area (Å²) in [5.41, 5.74) is 10.3. The molecule has 1 aromatic rings. The van der Waals surface area contributed by atoms with Crippen molar-refractivity contribution in [3.8, 4) is 0 Å². The van der Waals surface area contributed by atoms with Crippen LogP contribution in [0.15, 0.2) is 18.2 Å². The van der Waals surface area contributed by atoms with E-state index in [2.05, 4.69) is 0 Å². The van der Waals surface area contributed by atoms with Gasteiger partial charge in [0.25, 0.3) is 0 Å². The standard InChI is InChI=1S/C12H13Cl2N3O3/c13-7-1-2-9(14)8(3-7)10(18)4-17(5-11(15)19)6-12(16)20/h1-3H,4-6H2,(H2,15,19)(H2,16,20). The van der Waals surface area contributed by atoms with Gasteiger partial charge in [-0.1, -0.05) is 23.2 Å². The summed E-state index contributed by atoms with van der Waals surface area (Å²) in [5, 5.41) is 0.589. The Morgan fingerprint density at radius 2 is 1.55 bits per heavy atom. The Balaban J connectivity index is 2.86. The molecule has 0 saturated carbocycles. The van der Waals surface area contributed by atoms with Crippen molar-refractivity contribution in [2.24, 2.45) is 11.5 Å². The summed E-state index contributed by atoms with van der Waals surface area (Å²) < 4.78 is 0. The lowest BCUT2D eigenvalue weighted by molar-refractivity contribution is -0.121. The molecule has 0 saturated heterocycles. The monoisotopic (exact) mass is 317 g/mol. The Labute approximate surface area is 125 Å². The number of benzene rings is 1. The van der Waals surface area contributed by atoms with Gasteiger partial charge in [-0.2, -0.15) is 0 Å². The van der Waals surface area contributed by atoms with Gasteiger partial charge in [-0.3, -0.25) is 19.3 Å². The average Bonchev–Trinajstić information content (AvgIpc) is 2.30. The minimum Gasteiger partial charge on any atom is -0.369 e. The van der Waals surface area contributed by atoms with E-state index in [1.807, 2.05) is 0 Å². The van der Waals surface area contributed by atoms with E-state index >= 15 is 0 Å². The second-order valence-corrected chi connectivity index (χ2v) is 4.97. The molecule has 0 radical (unpaired) electrons. The fourth-order valence-electron chi connectivity index (χ4n) is 1.61. The van der Waals surface area contributed by atoms with Gasteiger partial charge >= 0.3 is 0 Å². The summed E-state index contributed by atoms with van der Waals surface area (Å²) >= 11 is 11.7. The molecule has 0 aliphatic heterocycles. The van der Waals surface area contributed by atoms with Crippen LogP contribution >= 0.6 is 23.2 Å². The van der Waals surface area contributed by atoms with Crippen LogP contribution in [0.3, 0.4) is 0 Å². The molecule has 4 N–H and O–H groups in total. The highest BCUT2D eigenvalue weighted by Crippen LogP contribution is 2.21. The largest absolute Gasteiger partial charge is 0.369 e. The Hall–Kier alpha value is -1.63. The van der Waals surface area contributed by atoms with E-state index in [4.69, 9.17) is 34.7 Å². The number of carbonyl (C=O) groups is 3. The zero-order chi connectivity index (χ0) is 15.3. The molecule has 0 bridgehead atoms. The first-order valence-electron chi connectivity index (χ1n) is 5.57. The van der Waals surface area contributed by atoms with E-state index in [1.165, 1.54) is 17.0 Å². The van der Waals surface area contributed by atoms with E-state index in [0.29, 0.717) is 5.02 Å². The van der Waals surface area contributed by atoms with Gasteiger partial charge in [0.05, 0.1) is 24.7 Å². The Morgan fingerprint density at radius 3 is 2.05 bits per heavy atom. The first-order valence-corrected chi connectivity index (χ1v) is 6.32. The molecule has 20 heavy (non-hydrogen) atoms. The molecule has 2 amide bonds. The predicted octanol–water partition coefficient (Wildman–Crippen LogP) is 0.449. The van der Waals surface area contributed by atoms with Crippen molar-refractivity contribution >= 4 is 40.8 Å². The highest BCUT2D eigenvalue weighted by Gasteiger charge is 2.18. The van der Waals surface area contributed by atoms with E-state index in [9.17, 15) is 14.4 Å². The molecule has 0 spiro atoms. The SMILES string of the molecule is NC(=O)CN(CC(N)=O)CC(=O)c1cc(Cl)ccc1Cl. The number of rotatable bonds is 7. The normalized spacial score (nSPS) is 10.6. The van der Waals surface area contributed by atoms with Crippen molar-refractivity contribution in [3.63, 3.8) is 0 Å². The van der Waals surface area contributed by atoms with Gasteiger partial charge in [-0.15, -0.1) is 0 Å². The third-order valence-electron chi connectivity index (χ3n) is 2.35. The van der Waals surface area contributed by atoms with Crippen molar-refractivity contribution in [2.45, 2.75) is 0 Å². The third-order valence-corrected chi connectivity index (χ3v) is 2.92. The molecule has 108 valence electrons. The van der Waals surface area contributed by atoms with Crippen molar-refractivity contribution in [1.29, 1.82) is 0 Å². The Bertz CT molecular complexity index is 533. The smallest absolute Gasteiger partial charge is 0.231 e. The van der Waals surface area contributed by atoms with Crippen LogP contribution in [0.25, 0.3) is 0 Å². The molecule has 0 atom stereocenters. The van der Waals surface area contributed by atoms with Gasteiger partial charge in [0.15, 0.2) is 5.78 Å². The number of ketones is 1. The summed E-state index contributed by atoms with van der Waals surface area (Å²) in [4.78, 5) is 35.1. The van der Waals surface area contributed by atoms with E-state index in [0.717, 1.165) is 0 Å². The number of nitrogens with two attached hydrogens (primary N) is 2. The summed E-state index contributed by atoms with van der Waals surface area (Å²) in [6.07, 6.45) is 0. The van der Waals surface area contributed by atoms with Crippen LogP contribution in [0, 0.1) is 0 Å². The molecule has 0 unspecified atom stereocenters. The van der Waals surface area contributed by atoms with Crippen molar-refractivity contribution in [2.75, 3.05) is 19.6 Å². The van der Waals surface area contributed by atoms with Crippen molar-refractivity contribution in [1.82, 2.24) is 4.90 Å². The molecular formula is C12H13Cl2N3O3. The number of primary amides is 2. The second kappa shape index (κ2) is 7.23. The second-order valence-electron chi connectivity index (χ2n) is 4.13. The number of halogens is 2. The molecule has 0 aliphatic carbocycles. The van der Waals surface area contributed by atoms with Crippen LogP contribution in [-0.4, -0.2) is 42.1 Å². The summed E-state index contributed by atoms with van der Waals surface area (Å²) in [5.74, 6) is -1.73. The molecule has 1 aromatic carbocycles. The lowest BCUT2D eigenvalue weighted by Gasteiger charge is -2.18. The topological polar surface area (TPSA) is 106 Å². The highest BCUT2D eigenvalue weighted by molar-refractivity contribution is 6.36. The van der Waals surface area contributed by atoms with Crippen LogP contribution in [0.4, 0.5) is 0 Å². The van der Waals surface area contributed by atoms with Crippen LogP contribution in [0.5, 0.6) is 0 Å². The molecule has 0 heterocycles. The maximum absolute atomic E-state index is 12.1. The van der Waals surface area contributed by atoms with Crippen molar-refractivity contribution < 1.29 is 14.4 Å². The first kappa shape index (κ1) is 16.4. The predicted molar refractivity (Wildman–Crippen MR) is 75.6 cm³/mol. The molecule has 6 nitrogen and oxygen atoms in total. The van der Waals surface area contributed by atoms with Gasteiger partial charge < -0.3 is 11.5 Å². The molecule has 8 heteroatoms. The van der Waals surface area contributed by atoms with Gasteiger partial charge in [0, 0.05) is 10.6 Å². The first-order chi connectivity index (χ1) is 9.29. The summed E-state index contributed by atoms with van der Waals surface area (Å²) in [6, 6.07) is 4.45. The molecule has 0 fully saturated rings. The molecular weight excluding hydrogens is 305 g/mol. The number of hydrogen-bond acceptors (Lipinski definition) is 4. The lowest BCUT2D eigenvalue weighted by Crippen LogP contribution is -2.42. The van der Waals surface area contributed by atoms with Gasteiger partial charge in [0.2, 0.25) is 11.8 Å². The van der Waals surface area contributed by atoms with E-state index in [1.54, 1.807) is 6.07 Å². The molecule has 0 aromatic heterocycles. The fourth-order valence-corrected chi connectivity index (χ4v) is 2.00. The zero-order valence-corrected chi connectivity index (χ0v) is 11.9. The highest BCUT2D eigenvalue weighted by atomic mass is 35.5. The maximum atomic E-state index is 12.1. The average molecular weight is 318 g/mol. The van der Waals surface area contributed by atoms with Gasteiger partial charge in [-0.05, 0) is 18.2 Å². The quantitative estimate of drug-likeness (QED) is 0.712. The van der Waals surface area contributed by atoms with Gasteiger partial charge in [0.1, 0.15) is 0 Å². The summed E-state index contributed by atoms with van der Waals surface area (Å²) in [7, 11) is 0. The summed E-state index contributed by atoms with van der Waals surface area (Å²) in [6.45, 7) is -0.730. The third kappa shape index (κ3) is 5.16. The van der Waals surface area contributed by atoms with Gasteiger partial charge in [-0.25, -0.2) is 0 Å². The number of nitrogens with zero attached hydrogens (tertiary/aromatic N) is 1. The number of amides is 2. The molecule has 1 rings (SSSR count). The maximum Gasteiger partial charge on any atom is 0.231 e. The minimum absolute atomic E-state index is 0.207. The van der Waals surface area contributed by atoms with Crippen LogP contribution in [0.1, 0.15) is 10.4 Å². The van der Waals surface area contributed by atoms with Crippen molar-refractivity contribution in [3.05, 3.63) is 33.8 Å². The zero-order valence-electron chi connectivity index (χ0n) is 10.4. The fraction of sp³-hybridized carbons (Fsp3) is 0.250. The Morgan fingerprint density at radius 1 is 1.00 bits per heavy atom. The Kier molecular flexibility index (Phi) is 5.94. The van der Waals surface area contributed by atoms with E-state index < -0.39 is 11.8 Å². The minimum atomic E-state index is -0.670. The van der Waals surface area contributed by atoms with Crippen LogP contribution < -0.4 is 11.5 Å². The van der Waals surface area contributed by atoms with E-state index in [-0.39, 0.29) is 36.0 Å². The lowest BCUT2D eigenvalue weighted by atomic mass is 10.1. The number of Topliss-reactive ketones (excluding diaryl/α,β-unsaturated/α-hetero) is 1.